The molecule has 0 amide bonds. The van der Waals surface area contributed by atoms with Crippen LogP contribution >= 0.6 is 0 Å². The van der Waals surface area contributed by atoms with Crippen LogP contribution in [-0.2, 0) is 16.0 Å². The summed E-state index contributed by atoms with van der Waals surface area (Å²) in [6, 6.07) is 3.59. The zero-order valence-corrected chi connectivity index (χ0v) is 12.3. The van der Waals surface area contributed by atoms with Crippen LogP contribution < -0.4 is 0 Å². The van der Waals surface area contributed by atoms with Gasteiger partial charge in [-0.1, -0.05) is 5.21 Å². The van der Waals surface area contributed by atoms with Crippen molar-refractivity contribution >= 4 is 5.97 Å². The molecule has 0 N–H and O–H groups in total. The van der Waals surface area contributed by atoms with E-state index < -0.39 is 5.97 Å². The summed E-state index contributed by atoms with van der Waals surface area (Å²) in [7, 11) is 1.32. The first kappa shape index (κ1) is 15.1. The molecule has 0 bridgehead atoms. The second-order valence-corrected chi connectivity index (χ2v) is 4.66. The lowest BCUT2D eigenvalue weighted by Crippen LogP contribution is -2.13. The van der Waals surface area contributed by atoms with E-state index in [1.54, 1.807) is 29.2 Å². The largest absolute Gasteiger partial charge is 0.464 e. The van der Waals surface area contributed by atoms with Gasteiger partial charge in [-0.2, -0.15) is 0 Å². The lowest BCUT2D eigenvalue weighted by molar-refractivity contribution is 0.0594. The molecule has 7 nitrogen and oxygen atoms in total. The average molecular weight is 290 g/mol. The van der Waals surface area contributed by atoms with E-state index in [1.165, 1.54) is 7.11 Å². The molecule has 0 spiro atoms. The predicted molar refractivity (Wildman–Crippen MR) is 75.7 cm³/mol. The molecule has 0 unspecified atom stereocenters. The molecule has 0 aliphatic rings. The highest BCUT2D eigenvalue weighted by atomic mass is 16.5. The molecule has 21 heavy (non-hydrogen) atoms. The predicted octanol–water partition coefficient (Wildman–Crippen LogP) is 1.55. The Morgan fingerprint density at radius 2 is 2.05 bits per heavy atom. The average Bonchev–Trinajstić information content (AvgIpc) is 2.91. The van der Waals surface area contributed by atoms with E-state index in [4.69, 9.17) is 9.47 Å². The molecule has 112 valence electrons. The van der Waals surface area contributed by atoms with Crippen molar-refractivity contribution in [1.29, 1.82) is 0 Å². The molecule has 2 aromatic heterocycles. The Balaban J connectivity index is 2.33. The molecule has 0 fully saturated rings. The fraction of sp³-hybridized carbons (Fsp3) is 0.429. The monoisotopic (exact) mass is 290 g/mol. The van der Waals surface area contributed by atoms with Crippen LogP contribution in [0.1, 0.15) is 24.3 Å². The number of aromatic nitrogens is 4. The van der Waals surface area contributed by atoms with E-state index in [1.807, 2.05) is 13.8 Å². The summed E-state index contributed by atoms with van der Waals surface area (Å²) < 4.78 is 11.9. The fourth-order valence-electron chi connectivity index (χ4n) is 1.87. The molecule has 2 aromatic rings. The van der Waals surface area contributed by atoms with E-state index >= 15 is 0 Å². The van der Waals surface area contributed by atoms with Crippen LogP contribution in [0.15, 0.2) is 24.5 Å². The van der Waals surface area contributed by atoms with Gasteiger partial charge < -0.3 is 9.47 Å². The Morgan fingerprint density at radius 1 is 1.33 bits per heavy atom. The highest BCUT2D eigenvalue weighted by Gasteiger charge is 2.21. The van der Waals surface area contributed by atoms with Crippen molar-refractivity contribution in [1.82, 2.24) is 20.0 Å². The van der Waals surface area contributed by atoms with Crippen molar-refractivity contribution in [3.05, 3.63) is 30.2 Å². The minimum Gasteiger partial charge on any atom is -0.464 e. The van der Waals surface area contributed by atoms with E-state index in [0.717, 1.165) is 5.56 Å². The van der Waals surface area contributed by atoms with Gasteiger partial charge >= 0.3 is 5.97 Å². The van der Waals surface area contributed by atoms with Gasteiger partial charge in [-0.3, -0.25) is 4.98 Å². The van der Waals surface area contributed by atoms with E-state index in [0.29, 0.717) is 18.8 Å². The van der Waals surface area contributed by atoms with Gasteiger partial charge in [0.05, 0.1) is 26.4 Å². The summed E-state index contributed by atoms with van der Waals surface area (Å²) in [5.74, 6) is -0.516. The van der Waals surface area contributed by atoms with Gasteiger partial charge in [-0.05, 0) is 26.0 Å². The third-order valence-corrected chi connectivity index (χ3v) is 2.82. The maximum atomic E-state index is 11.8. The van der Waals surface area contributed by atoms with Crippen LogP contribution in [0.25, 0.3) is 11.3 Å². The minimum absolute atomic E-state index is 0.137. The molecule has 0 atom stereocenters. The van der Waals surface area contributed by atoms with Crippen molar-refractivity contribution in [2.45, 2.75) is 26.5 Å². The number of carbonyl (C=O) groups excluding carboxylic acids is 1. The van der Waals surface area contributed by atoms with E-state index in [9.17, 15) is 4.79 Å². The van der Waals surface area contributed by atoms with E-state index in [2.05, 4.69) is 15.3 Å². The maximum Gasteiger partial charge on any atom is 0.360 e. The van der Waals surface area contributed by atoms with Crippen molar-refractivity contribution in [3.8, 4) is 11.3 Å². The molecular formula is C14H18N4O3. The molecule has 0 saturated heterocycles. The number of methoxy groups -OCH3 is 1. The molecule has 2 rings (SSSR count). The minimum atomic E-state index is -0.516. The summed E-state index contributed by atoms with van der Waals surface area (Å²) in [4.78, 5) is 15.8. The third-order valence-electron chi connectivity index (χ3n) is 2.82. The van der Waals surface area contributed by atoms with Gasteiger partial charge in [-0.25, -0.2) is 9.48 Å². The Morgan fingerprint density at radius 3 is 2.67 bits per heavy atom. The van der Waals surface area contributed by atoms with Crippen molar-refractivity contribution in [2.75, 3.05) is 13.7 Å². The highest BCUT2D eigenvalue weighted by Crippen LogP contribution is 2.22. The maximum absolute atomic E-state index is 11.8. The molecule has 2 heterocycles. The van der Waals surface area contributed by atoms with Gasteiger partial charge in [0.2, 0.25) is 0 Å². The van der Waals surface area contributed by atoms with Crippen molar-refractivity contribution < 1.29 is 14.3 Å². The fourth-order valence-corrected chi connectivity index (χ4v) is 1.87. The molecular weight excluding hydrogens is 272 g/mol. The zero-order chi connectivity index (χ0) is 15.2. The first-order valence-electron chi connectivity index (χ1n) is 6.67. The van der Waals surface area contributed by atoms with Crippen LogP contribution in [0.5, 0.6) is 0 Å². The smallest absolute Gasteiger partial charge is 0.360 e. The zero-order valence-electron chi connectivity index (χ0n) is 12.3. The number of esters is 1. The van der Waals surface area contributed by atoms with Crippen LogP contribution in [-0.4, -0.2) is 45.8 Å². The molecule has 0 aliphatic carbocycles. The van der Waals surface area contributed by atoms with Gasteiger partial charge in [0, 0.05) is 18.0 Å². The van der Waals surface area contributed by atoms with E-state index in [-0.39, 0.29) is 11.8 Å². The first-order valence-corrected chi connectivity index (χ1v) is 6.67. The van der Waals surface area contributed by atoms with Gasteiger partial charge in [0.1, 0.15) is 5.69 Å². The van der Waals surface area contributed by atoms with Gasteiger partial charge in [0.15, 0.2) is 5.69 Å². The summed E-state index contributed by atoms with van der Waals surface area (Å²) in [5.41, 5.74) is 1.60. The summed E-state index contributed by atoms with van der Waals surface area (Å²) >= 11 is 0. The standard InChI is InChI=1S/C14H18N4O3/c1-10(2)21-9-8-18-13(11-4-6-15-7-5-11)12(16-17-18)14(19)20-3/h4-7,10H,8-9H2,1-3H3. The number of carbonyl (C=O) groups is 1. The summed E-state index contributed by atoms with van der Waals surface area (Å²) in [6.07, 6.45) is 3.44. The molecule has 0 aliphatic heterocycles. The lowest BCUT2D eigenvalue weighted by atomic mass is 10.1. The first-order chi connectivity index (χ1) is 10.1. The molecule has 7 heteroatoms. The second-order valence-electron chi connectivity index (χ2n) is 4.66. The molecule has 0 radical (unpaired) electrons. The van der Waals surface area contributed by atoms with Gasteiger partial charge in [0.25, 0.3) is 0 Å². The molecule has 0 aromatic carbocycles. The van der Waals surface area contributed by atoms with Crippen molar-refractivity contribution in [3.63, 3.8) is 0 Å². The normalized spacial score (nSPS) is 10.9. The summed E-state index contributed by atoms with van der Waals surface area (Å²) in [5, 5.41) is 7.95. The van der Waals surface area contributed by atoms with Crippen LogP contribution in [0.2, 0.25) is 0 Å². The Hall–Kier alpha value is -2.28. The SMILES string of the molecule is COC(=O)c1nnn(CCOC(C)C)c1-c1ccncc1. The molecule has 0 saturated carbocycles. The number of hydrogen-bond donors (Lipinski definition) is 0. The number of pyridine rings is 1. The summed E-state index contributed by atoms with van der Waals surface area (Å²) in [6.45, 7) is 4.91. The van der Waals surface area contributed by atoms with Crippen LogP contribution in [0, 0.1) is 0 Å². The topological polar surface area (TPSA) is 79.1 Å². The quantitative estimate of drug-likeness (QED) is 0.751. The van der Waals surface area contributed by atoms with Crippen LogP contribution in [0.4, 0.5) is 0 Å². The van der Waals surface area contributed by atoms with Crippen LogP contribution in [0.3, 0.4) is 0 Å². The van der Waals surface area contributed by atoms with Crippen molar-refractivity contribution in [2.24, 2.45) is 0 Å². The second kappa shape index (κ2) is 6.94. The highest BCUT2D eigenvalue weighted by molar-refractivity contribution is 5.93. The number of hydrogen-bond acceptors (Lipinski definition) is 6. The Labute approximate surface area is 122 Å². The Kier molecular flexibility index (Phi) is 4.99. The lowest BCUT2D eigenvalue weighted by Gasteiger charge is -2.10. The number of ether oxygens (including phenoxy) is 2. The third kappa shape index (κ3) is 3.63. The number of nitrogens with zero attached hydrogens (tertiary/aromatic N) is 4. The Bertz CT molecular complexity index is 596. The van der Waals surface area contributed by atoms with Gasteiger partial charge in [-0.15, -0.1) is 5.10 Å². The number of rotatable bonds is 6.